The maximum absolute atomic E-state index is 13.9. The fourth-order valence-corrected chi connectivity index (χ4v) is 2.34. The number of carbonyl (C=O) groups excluding carboxylic acids is 1. The van der Waals surface area contributed by atoms with E-state index in [4.69, 9.17) is 9.47 Å². The highest BCUT2D eigenvalue weighted by atomic mass is 19.1. The van der Waals surface area contributed by atoms with E-state index in [0.717, 1.165) is 6.07 Å². The Hall–Kier alpha value is -2.44. The minimum atomic E-state index is -0.641. The Bertz CT molecular complexity index is 729. The number of rotatable bonds is 8. The second kappa shape index (κ2) is 8.60. The first-order valence-electron chi connectivity index (χ1n) is 8.22. The van der Waals surface area contributed by atoms with Crippen molar-refractivity contribution in [2.75, 3.05) is 6.61 Å². The minimum Gasteiger partial charge on any atom is -0.474 e. The molecular weight excluding hydrogens is 330 g/mol. The van der Waals surface area contributed by atoms with Crippen LogP contribution in [-0.2, 0) is 22.5 Å². The molecule has 0 atom stereocenters. The van der Waals surface area contributed by atoms with Crippen LogP contribution in [0.3, 0.4) is 0 Å². The van der Waals surface area contributed by atoms with E-state index in [0.29, 0.717) is 30.2 Å². The molecule has 0 unspecified atom stereocenters. The molecule has 0 bridgehead atoms. The Morgan fingerprint density at radius 1 is 1.28 bits per heavy atom. The third-order valence-electron chi connectivity index (χ3n) is 3.42. The van der Waals surface area contributed by atoms with Crippen LogP contribution in [0.5, 0.6) is 5.88 Å². The lowest BCUT2D eigenvalue weighted by atomic mass is 10.2. The van der Waals surface area contributed by atoms with Crippen LogP contribution in [0.1, 0.15) is 38.4 Å². The van der Waals surface area contributed by atoms with Gasteiger partial charge in [0.15, 0.2) is 0 Å². The number of benzene rings is 1. The molecule has 0 spiro atoms. The minimum absolute atomic E-state index is 0.0659. The molecule has 0 aliphatic carbocycles. The molecule has 2 aromatic rings. The number of ether oxygens (including phenoxy) is 2. The third-order valence-corrected chi connectivity index (χ3v) is 3.42. The topological polar surface area (TPSA) is 53.4 Å². The first-order chi connectivity index (χ1) is 11.9. The molecule has 136 valence electrons. The quantitative estimate of drug-likeness (QED) is 0.683. The molecule has 2 rings (SSSR count). The van der Waals surface area contributed by atoms with Gasteiger partial charge in [0.25, 0.3) is 0 Å². The summed E-state index contributed by atoms with van der Waals surface area (Å²) in [6.07, 6.45) is 0.506. The van der Waals surface area contributed by atoms with Crippen molar-refractivity contribution in [2.24, 2.45) is 0 Å². The van der Waals surface area contributed by atoms with E-state index in [1.807, 2.05) is 13.8 Å². The SMILES string of the molecule is CCOC(=O)CCc1cc(OC(C)C)nn1Cc1ccc(F)cc1F. The van der Waals surface area contributed by atoms with E-state index < -0.39 is 11.6 Å². The second-order valence-electron chi connectivity index (χ2n) is 5.84. The van der Waals surface area contributed by atoms with Gasteiger partial charge in [0.05, 0.1) is 25.7 Å². The van der Waals surface area contributed by atoms with Crippen LogP contribution >= 0.6 is 0 Å². The zero-order chi connectivity index (χ0) is 18.4. The summed E-state index contributed by atoms with van der Waals surface area (Å²) in [7, 11) is 0. The van der Waals surface area contributed by atoms with Crippen molar-refractivity contribution < 1.29 is 23.0 Å². The molecule has 0 saturated carbocycles. The first kappa shape index (κ1) is 18.9. The molecule has 0 fully saturated rings. The van der Waals surface area contributed by atoms with Crippen molar-refractivity contribution in [1.82, 2.24) is 9.78 Å². The zero-order valence-corrected chi connectivity index (χ0v) is 14.6. The smallest absolute Gasteiger partial charge is 0.306 e. The molecule has 1 heterocycles. The van der Waals surface area contributed by atoms with Gasteiger partial charge in [0.1, 0.15) is 11.6 Å². The number of esters is 1. The Labute approximate surface area is 145 Å². The highest BCUT2D eigenvalue weighted by Gasteiger charge is 2.14. The molecule has 7 heteroatoms. The number of aromatic nitrogens is 2. The molecule has 0 amide bonds. The van der Waals surface area contributed by atoms with E-state index >= 15 is 0 Å². The number of nitrogens with zero attached hydrogens (tertiary/aromatic N) is 2. The van der Waals surface area contributed by atoms with E-state index in [-0.39, 0.29) is 25.0 Å². The summed E-state index contributed by atoms with van der Waals surface area (Å²) in [6.45, 7) is 5.92. The number of hydrogen-bond acceptors (Lipinski definition) is 4. The lowest BCUT2D eigenvalue weighted by Gasteiger charge is -2.08. The molecule has 5 nitrogen and oxygen atoms in total. The summed E-state index contributed by atoms with van der Waals surface area (Å²) < 4.78 is 39.0. The van der Waals surface area contributed by atoms with Gasteiger partial charge in [-0.05, 0) is 33.3 Å². The lowest BCUT2D eigenvalue weighted by Crippen LogP contribution is -2.11. The van der Waals surface area contributed by atoms with Gasteiger partial charge >= 0.3 is 5.97 Å². The Kier molecular flexibility index (Phi) is 6.50. The fourth-order valence-electron chi connectivity index (χ4n) is 2.34. The van der Waals surface area contributed by atoms with Gasteiger partial charge in [-0.25, -0.2) is 8.78 Å². The van der Waals surface area contributed by atoms with Crippen LogP contribution in [0.15, 0.2) is 24.3 Å². The van der Waals surface area contributed by atoms with Crippen molar-refractivity contribution in [1.29, 1.82) is 0 Å². The van der Waals surface area contributed by atoms with Gasteiger partial charge in [-0.3, -0.25) is 9.48 Å². The van der Waals surface area contributed by atoms with Gasteiger partial charge in [-0.1, -0.05) is 6.07 Å². The molecule has 0 aliphatic rings. The van der Waals surface area contributed by atoms with Gasteiger partial charge in [0.2, 0.25) is 5.88 Å². The van der Waals surface area contributed by atoms with E-state index in [1.165, 1.54) is 12.1 Å². The molecule has 1 aromatic heterocycles. The molecule has 0 saturated heterocycles. The average molecular weight is 352 g/mol. The molecular formula is C18H22F2N2O3. The molecule has 0 aliphatic heterocycles. The average Bonchev–Trinajstić information content (AvgIpc) is 2.89. The first-order valence-corrected chi connectivity index (χ1v) is 8.22. The Morgan fingerprint density at radius 2 is 2.04 bits per heavy atom. The highest BCUT2D eigenvalue weighted by molar-refractivity contribution is 5.69. The van der Waals surface area contributed by atoms with Gasteiger partial charge in [0, 0.05) is 23.4 Å². The Morgan fingerprint density at radius 3 is 2.68 bits per heavy atom. The number of hydrogen-bond donors (Lipinski definition) is 0. The maximum Gasteiger partial charge on any atom is 0.306 e. The monoisotopic (exact) mass is 352 g/mol. The van der Waals surface area contributed by atoms with Crippen molar-refractivity contribution in [3.05, 3.63) is 47.2 Å². The van der Waals surface area contributed by atoms with Crippen molar-refractivity contribution in [2.45, 2.75) is 46.3 Å². The van der Waals surface area contributed by atoms with E-state index in [9.17, 15) is 13.6 Å². The predicted octanol–water partition coefficient (Wildman–Crippen LogP) is 3.49. The molecule has 1 aromatic carbocycles. The van der Waals surface area contributed by atoms with Crippen LogP contribution in [0, 0.1) is 11.6 Å². The normalized spacial score (nSPS) is 11.0. The summed E-state index contributed by atoms with van der Waals surface area (Å²) in [5, 5.41) is 4.32. The van der Waals surface area contributed by atoms with Crippen LogP contribution in [0.4, 0.5) is 8.78 Å². The lowest BCUT2D eigenvalue weighted by molar-refractivity contribution is -0.143. The zero-order valence-electron chi connectivity index (χ0n) is 14.6. The van der Waals surface area contributed by atoms with Crippen LogP contribution in [0.25, 0.3) is 0 Å². The summed E-state index contributed by atoms with van der Waals surface area (Å²) in [5.74, 6) is -1.18. The van der Waals surface area contributed by atoms with Crippen molar-refractivity contribution in [3.63, 3.8) is 0 Å². The standard InChI is InChI=1S/C18H22F2N2O3/c1-4-24-18(23)8-7-15-10-17(25-12(2)3)21-22(15)11-13-5-6-14(19)9-16(13)20/h5-6,9-10,12H,4,7-8,11H2,1-3H3. The number of aryl methyl sites for hydroxylation is 1. The van der Waals surface area contributed by atoms with Crippen LogP contribution in [0.2, 0.25) is 0 Å². The predicted molar refractivity (Wildman–Crippen MR) is 88.4 cm³/mol. The van der Waals surface area contributed by atoms with Crippen molar-refractivity contribution in [3.8, 4) is 5.88 Å². The summed E-state index contributed by atoms with van der Waals surface area (Å²) in [5.41, 5.74) is 1.02. The van der Waals surface area contributed by atoms with Crippen LogP contribution in [-0.4, -0.2) is 28.5 Å². The van der Waals surface area contributed by atoms with Crippen LogP contribution < -0.4 is 4.74 Å². The Balaban J connectivity index is 2.21. The molecule has 0 radical (unpaired) electrons. The fraction of sp³-hybridized carbons (Fsp3) is 0.444. The largest absolute Gasteiger partial charge is 0.474 e. The van der Waals surface area contributed by atoms with E-state index in [2.05, 4.69) is 5.10 Å². The van der Waals surface area contributed by atoms with Gasteiger partial charge < -0.3 is 9.47 Å². The summed E-state index contributed by atoms with van der Waals surface area (Å²) >= 11 is 0. The maximum atomic E-state index is 13.9. The third kappa shape index (κ3) is 5.55. The summed E-state index contributed by atoms with van der Waals surface area (Å²) in [4.78, 5) is 11.6. The van der Waals surface area contributed by atoms with Crippen molar-refractivity contribution >= 4 is 5.97 Å². The molecule has 0 N–H and O–H groups in total. The number of carbonyl (C=O) groups is 1. The second-order valence-corrected chi connectivity index (χ2v) is 5.84. The van der Waals surface area contributed by atoms with Gasteiger partial charge in [-0.2, -0.15) is 0 Å². The molecule has 25 heavy (non-hydrogen) atoms. The summed E-state index contributed by atoms with van der Waals surface area (Å²) in [6, 6.07) is 5.14. The highest BCUT2D eigenvalue weighted by Crippen LogP contribution is 2.19. The number of halogens is 2. The van der Waals surface area contributed by atoms with Gasteiger partial charge in [-0.15, -0.1) is 5.10 Å². The van der Waals surface area contributed by atoms with E-state index in [1.54, 1.807) is 17.7 Å².